The van der Waals surface area contributed by atoms with Gasteiger partial charge in [-0.2, -0.15) is 0 Å². The van der Waals surface area contributed by atoms with Crippen molar-refractivity contribution >= 4 is 12.6 Å². The summed E-state index contributed by atoms with van der Waals surface area (Å²) in [4.78, 5) is 4.20. The highest BCUT2D eigenvalue weighted by atomic mass is 16.6. The van der Waals surface area contributed by atoms with E-state index < -0.39 is 0 Å². The Morgan fingerprint density at radius 1 is 1.14 bits per heavy atom. The van der Waals surface area contributed by atoms with Gasteiger partial charge in [-0.1, -0.05) is 38.1 Å². The van der Waals surface area contributed by atoms with E-state index in [1.54, 1.807) is 6.20 Å². The van der Waals surface area contributed by atoms with E-state index in [1.165, 1.54) is 11.1 Å². The van der Waals surface area contributed by atoms with Crippen LogP contribution < -0.4 is 5.46 Å². The van der Waals surface area contributed by atoms with Gasteiger partial charge in [-0.25, -0.2) is 0 Å². The van der Waals surface area contributed by atoms with E-state index in [1.807, 2.05) is 12.3 Å². The highest BCUT2D eigenvalue weighted by molar-refractivity contribution is 6.61. The van der Waals surface area contributed by atoms with Crippen molar-refractivity contribution in [3.05, 3.63) is 48.3 Å². The number of hydrogen-bond donors (Lipinski definition) is 0. The Balaban J connectivity index is 1.88. The molecule has 21 heavy (non-hydrogen) atoms. The van der Waals surface area contributed by atoms with Crippen molar-refractivity contribution in [3.8, 4) is 11.1 Å². The molecule has 1 aliphatic heterocycles. The second kappa shape index (κ2) is 5.62. The second-order valence-corrected chi connectivity index (χ2v) is 6.43. The van der Waals surface area contributed by atoms with Gasteiger partial charge in [0.1, 0.15) is 0 Å². The summed E-state index contributed by atoms with van der Waals surface area (Å²) in [6.45, 7) is 7.85. The zero-order chi connectivity index (χ0) is 14.9. The highest BCUT2D eigenvalue weighted by Gasteiger charge is 2.33. The van der Waals surface area contributed by atoms with Crippen molar-refractivity contribution in [3.63, 3.8) is 0 Å². The zero-order valence-corrected chi connectivity index (χ0v) is 12.8. The molecule has 1 aliphatic rings. The Morgan fingerprint density at radius 2 is 1.90 bits per heavy atom. The van der Waals surface area contributed by atoms with Crippen LogP contribution in [0.1, 0.15) is 19.4 Å². The van der Waals surface area contributed by atoms with Crippen LogP contribution in [0.15, 0.2) is 42.7 Å². The Kier molecular flexibility index (Phi) is 3.83. The first kappa shape index (κ1) is 14.3. The number of rotatable bonds is 2. The minimum atomic E-state index is -0.269. The minimum Gasteiger partial charge on any atom is -0.407 e. The second-order valence-electron chi connectivity index (χ2n) is 6.43. The predicted molar refractivity (Wildman–Crippen MR) is 85.5 cm³/mol. The number of benzene rings is 1. The molecule has 0 N–H and O–H groups in total. The lowest BCUT2D eigenvalue weighted by molar-refractivity contribution is 0.0343. The van der Waals surface area contributed by atoms with Crippen LogP contribution >= 0.6 is 0 Å². The largest absolute Gasteiger partial charge is 0.493 e. The summed E-state index contributed by atoms with van der Waals surface area (Å²) in [7, 11) is -0.269. The van der Waals surface area contributed by atoms with Gasteiger partial charge in [0.25, 0.3) is 0 Å². The molecule has 3 rings (SSSR count). The van der Waals surface area contributed by atoms with Crippen LogP contribution in [0.2, 0.25) is 0 Å². The van der Waals surface area contributed by atoms with Crippen molar-refractivity contribution < 1.29 is 9.31 Å². The molecule has 0 amide bonds. The van der Waals surface area contributed by atoms with Gasteiger partial charge in [0.2, 0.25) is 0 Å². The third-order valence-corrected chi connectivity index (χ3v) is 3.76. The Bertz CT molecular complexity index is 618. The molecular weight excluding hydrogens is 261 g/mol. The lowest BCUT2D eigenvalue weighted by Crippen LogP contribution is -2.47. The zero-order valence-electron chi connectivity index (χ0n) is 12.8. The summed E-state index contributed by atoms with van der Waals surface area (Å²) in [6.07, 6.45) is 3.68. The lowest BCUT2D eigenvalue weighted by Gasteiger charge is -2.33. The van der Waals surface area contributed by atoms with E-state index in [-0.39, 0.29) is 12.5 Å². The number of pyridine rings is 1. The van der Waals surface area contributed by atoms with Crippen LogP contribution in [0, 0.1) is 12.3 Å². The number of aryl methyl sites for hydroxylation is 1. The molecule has 0 atom stereocenters. The van der Waals surface area contributed by atoms with Crippen LogP contribution in [-0.2, 0) is 9.31 Å². The first-order chi connectivity index (χ1) is 10.1. The van der Waals surface area contributed by atoms with Gasteiger partial charge in [-0.05, 0) is 29.6 Å². The molecular formula is C17H20BNO2. The first-order valence-corrected chi connectivity index (χ1v) is 7.29. The fourth-order valence-electron chi connectivity index (χ4n) is 2.50. The summed E-state index contributed by atoms with van der Waals surface area (Å²) in [5.74, 6) is 0. The smallest absolute Gasteiger partial charge is 0.407 e. The maximum absolute atomic E-state index is 5.87. The van der Waals surface area contributed by atoms with Gasteiger partial charge in [0.15, 0.2) is 0 Å². The van der Waals surface area contributed by atoms with Crippen LogP contribution in [0.3, 0.4) is 0 Å². The summed E-state index contributed by atoms with van der Waals surface area (Å²) >= 11 is 0. The van der Waals surface area contributed by atoms with Crippen molar-refractivity contribution in [2.24, 2.45) is 5.41 Å². The third kappa shape index (κ3) is 3.17. The minimum absolute atomic E-state index is 0.0907. The molecule has 3 nitrogen and oxygen atoms in total. The van der Waals surface area contributed by atoms with E-state index >= 15 is 0 Å². The van der Waals surface area contributed by atoms with E-state index in [2.05, 4.69) is 50.0 Å². The van der Waals surface area contributed by atoms with Gasteiger partial charge < -0.3 is 9.31 Å². The molecule has 1 saturated heterocycles. The number of aromatic nitrogens is 1. The fraction of sp³-hybridized carbons (Fsp3) is 0.353. The van der Waals surface area contributed by atoms with Gasteiger partial charge in [-0.15, -0.1) is 0 Å². The molecule has 1 aromatic heterocycles. The summed E-state index contributed by atoms with van der Waals surface area (Å²) in [6, 6.07) is 10.4. The van der Waals surface area contributed by atoms with Crippen molar-refractivity contribution in [2.75, 3.05) is 13.2 Å². The molecule has 1 fully saturated rings. The molecule has 0 saturated carbocycles. The lowest BCUT2D eigenvalue weighted by atomic mass is 9.74. The monoisotopic (exact) mass is 281 g/mol. The van der Waals surface area contributed by atoms with Crippen molar-refractivity contribution in [1.29, 1.82) is 0 Å². The van der Waals surface area contributed by atoms with E-state index in [4.69, 9.17) is 9.31 Å². The van der Waals surface area contributed by atoms with E-state index in [9.17, 15) is 0 Å². The Labute approximate surface area is 126 Å². The van der Waals surface area contributed by atoms with Gasteiger partial charge in [0, 0.05) is 36.6 Å². The summed E-state index contributed by atoms with van der Waals surface area (Å²) < 4.78 is 11.7. The van der Waals surface area contributed by atoms with Crippen molar-refractivity contribution in [2.45, 2.75) is 20.8 Å². The standard InChI is InChI=1S/C17H20BNO2/c1-13-6-7-15(18-20-11-17(2,3)12-21-18)9-16(13)14-5-4-8-19-10-14/h4-10H,11-12H2,1-3H3. The summed E-state index contributed by atoms with van der Waals surface area (Å²) in [5, 5.41) is 0. The molecule has 0 spiro atoms. The maximum Gasteiger partial charge on any atom is 0.493 e. The first-order valence-electron chi connectivity index (χ1n) is 7.29. The Morgan fingerprint density at radius 3 is 2.57 bits per heavy atom. The Hall–Kier alpha value is -1.65. The SMILES string of the molecule is Cc1ccc(B2OCC(C)(C)CO2)cc1-c1cccnc1. The molecule has 2 aromatic rings. The van der Waals surface area contributed by atoms with Gasteiger partial charge in [0.05, 0.1) is 0 Å². The highest BCUT2D eigenvalue weighted by Crippen LogP contribution is 2.24. The molecule has 0 radical (unpaired) electrons. The average molecular weight is 281 g/mol. The van der Waals surface area contributed by atoms with Crippen LogP contribution in [0.4, 0.5) is 0 Å². The summed E-state index contributed by atoms with van der Waals surface area (Å²) in [5.41, 5.74) is 4.68. The van der Waals surface area contributed by atoms with Crippen molar-refractivity contribution in [1.82, 2.24) is 4.98 Å². The number of nitrogens with zero attached hydrogens (tertiary/aromatic N) is 1. The molecule has 0 aliphatic carbocycles. The topological polar surface area (TPSA) is 31.4 Å². The molecule has 1 aromatic carbocycles. The maximum atomic E-state index is 5.87. The molecule has 0 bridgehead atoms. The van der Waals surface area contributed by atoms with Gasteiger partial charge in [-0.3, -0.25) is 4.98 Å². The third-order valence-electron chi connectivity index (χ3n) is 3.76. The van der Waals surface area contributed by atoms with E-state index in [0.29, 0.717) is 13.2 Å². The quantitative estimate of drug-likeness (QED) is 0.793. The van der Waals surface area contributed by atoms with E-state index in [0.717, 1.165) is 11.0 Å². The van der Waals surface area contributed by atoms with Gasteiger partial charge >= 0.3 is 7.12 Å². The fourth-order valence-corrected chi connectivity index (χ4v) is 2.50. The molecule has 108 valence electrons. The average Bonchev–Trinajstić information content (AvgIpc) is 2.49. The molecule has 4 heteroatoms. The molecule has 0 unspecified atom stereocenters. The van der Waals surface area contributed by atoms with Crippen LogP contribution in [-0.4, -0.2) is 25.3 Å². The van der Waals surface area contributed by atoms with Crippen LogP contribution in [0.5, 0.6) is 0 Å². The van der Waals surface area contributed by atoms with Crippen LogP contribution in [0.25, 0.3) is 11.1 Å². The normalized spacial score (nSPS) is 17.8. The number of hydrogen-bond acceptors (Lipinski definition) is 3. The predicted octanol–water partition coefficient (Wildman–Crippen LogP) is 2.83. The molecule has 2 heterocycles.